The number of benzene rings is 1. The maximum Gasteiger partial charge on any atom is 0.410 e. The van der Waals surface area contributed by atoms with Gasteiger partial charge in [-0.2, -0.15) is 0 Å². The highest BCUT2D eigenvalue weighted by atomic mass is 16.6. The van der Waals surface area contributed by atoms with Gasteiger partial charge in [-0.05, 0) is 44.9 Å². The average Bonchev–Trinajstić information content (AvgIpc) is 3.08. The molecule has 1 unspecified atom stereocenters. The Hall–Kier alpha value is -2.77. The number of aliphatic imine (C=N–C) groups is 1. The van der Waals surface area contributed by atoms with E-state index >= 15 is 0 Å². The predicted octanol–water partition coefficient (Wildman–Crippen LogP) is 2.81. The van der Waals surface area contributed by atoms with Crippen molar-refractivity contribution < 1.29 is 14.3 Å². The van der Waals surface area contributed by atoms with E-state index < -0.39 is 5.60 Å². The number of nitrogens with one attached hydrogen (secondary N) is 2. The predicted molar refractivity (Wildman–Crippen MR) is 117 cm³/mol. The number of ether oxygens (including phenoxy) is 1. The number of carbonyl (C=O) groups is 2. The third-order valence-electron chi connectivity index (χ3n) is 5.02. The minimum Gasteiger partial charge on any atom is -0.444 e. The van der Waals surface area contributed by atoms with E-state index in [9.17, 15) is 9.59 Å². The summed E-state index contributed by atoms with van der Waals surface area (Å²) >= 11 is 0. The molecule has 30 heavy (non-hydrogen) atoms. The first kappa shape index (κ1) is 21.9. The minimum absolute atomic E-state index is 0.0419. The van der Waals surface area contributed by atoms with Gasteiger partial charge in [-0.15, -0.1) is 0 Å². The molecule has 2 N–H and O–H groups in total. The number of hydrogen-bond acceptors (Lipinski definition) is 6. The van der Waals surface area contributed by atoms with Crippen molar-refractivity contribution in [1.82, 2.24) is 15.1 Å². The van der Waals surface area contributed by atoms with Crippen LogP contribution in [0.15, 0.2) is 29.3 Å². The van der Waals surface area contributed by atoms with Gasteiger partial charge in [0.25, 0.3) is 0 Å². The molecule has 1 aromatic carbocycles. The van der Waals surface area contributed by atoms with E-state index in [0.29, 0.717) is 32.6 Å². The molecular weight excluding hydrogens is 382 g/mol. The Morgan fingerprint density at radius 2 is 1.93 bits per heavy atom. The topological polar surface area (TPSA) is 86.3 Å². The molecule has 1 atom stereocenters. The molecule has 0 aromatic heterocycles. The molecule has 2 amide bonds. The smallest absolute Gasteiger partial charge is 0.410 e. The zero-order chi connectivity index (χ0) is 21.7. The number of hydrogen-bond donors (Lipinski definition) is 2. The van der Waals surface area contributed by atoms with Crippen molar-refractivity contribution in [2.75, 3.05) is 31.5 Å². The van der Waals surface area contributed by atoms with Gasteiger partial charge >= 0.3 is 6.09 Å². The van der Waals surface area contributed by atoms with E-state index in [1.807, 2.05) is 52.0 Å². The molecule has 2 aliphatic heterocycles. The Balaban J connectivity index is 1.47. The summed E-state index contributed by atoms with van der Waals surface area (Å²) in [5.74, 6) is 0.921. The molecule has 8 nitrogen and oxygen atoms in total. The van der Waals surface area contributed by atoms with Gasteiger partial charge < -0.3 is 25.2 Å². The zero-order valence-corrected chi connectivity index (χ0v) is 18.4. The fraction of sp³-hybridized carbons (Fsp3) is 0.591. The van der Waals surface area contributed by atoms with Crippen LogP contribution in [0.3, 0.4) is 0 Å². The molecule has 2 heterocycles. The molecule has 0 bridgehead atoms. The number of piperazine rings is 1. The Kier molecular flexibility index (Phi) is 6.84. The SMILES string of the molecule is CCCC(=O)Nc1ccc(CNC2=NCC3CN(C(=O)OC(C)(C)C)CCN23)cc1. The molecule has 164 valence electrons. The second-order valence-electron chi connectivity index (χ2n) is 8.79. The first-order chi connectivity index (χ1) is 14.2. The molecule has 3 rings (SSSR count). The summed E-state index contributed by atoms with van der Waals surface area (Å²) < 4.78 is 5.49. The van der Waals surface area contributed by atoms with Gasteiger partial charge in [0.05, 0.1) is 12.6 Å². The zero-order valence-electron chi connectivity index (χ0n) is 18.4. The van der Waals surface area contributed by atoms with Gasteiger partial charge in [-0.3, -0.25) is 9.79 Å². The van der Waals surface area contributed by atoms with Crippen molar-refractivity contribution in [3.05, 3.63) is 29.8 Å². The fourth-order valence-corrected chi connectivity index (χ4v) is 3.56. The second-order valence-corrected chi connectivity index (χ2v) is 8.79. The van der Waals surface area contributed by atoms with Crippen LogP contribution < -0.4 is 10.6 Å². The lowest BCUT2D eigenvalue weighted by atomic mass is 10.2. The number of fused-ring (bicyclic) bond motifs is 1. The van der Waals surface area contributed by atoms with Crippen molar-refractivity contribution in [3.63, 3.8) is 0 Å². The van der Waals surface area contributed by atoms with Crippen LogP contribution in [0.5, 0.6) is 0 Å². The van der Waals surface area contributed by atoms with Crippen molar-refractivity contribution in [2.45, 2.75) is 58.7 Å². The molecule has 0 spiro atoms. The Morgan fingerprint density at radius 1 is 1.20 bits per heavy atom. The molecule has 0 aliphatic carbocycles. The van der Waals surface area contributed by atoms with Gasteiger partial charge in [0.15, 0.2) is 5.96 Å². The maximum absolute atomic E-state index is 12.3. The summed E-state index contributed by atoms with van der Waals surface area (Å²) in [6.07, 6.45) is 1.11. The molecule has 1 aromatic rings. The summed E-state index contributed by atoms with van der Waals surface area (Å²) in [4.78, 5) is 32.7. The van der Waals surface area contributed by atoms with Crippen LogP contribution in [0.1, 0.15) is 46.1 Å². The van der Waals surface area contributed by atoms with Crippen molar-refractivity contribution >= 4 is 23.6 Å². The van der Waals surface area contributed by atoms with Crippen LogP contribution in [-0.2, 0) is 16.1 Å². The van der Waals surface area contributed by atoms with Gasteiger partial charge in [0.1, 0.15) is 5.60 Å². The summed E-state index contributed by atoms with van der Waals surface area (Å²) in [7, 11) is 0. The third-order valence-corrected chi connectivity index (χ3v) is 5.02. The lowest BCUT2D eigenvalue weighted by Crippen LogP contribution is -2.57. The van der Waals surface area contributed by atoms with Crippen LogP contribution >= 0.6 is 0 Å². The van der Waals surface area contributed by atoms with Crippen molar-refractivity contribution in [1.29, 1.82) is 0 Å². The van der Waals surface area contributed by atoms with Crippen molar-refractivity contribution in [2.24, 2.45) is 4.99 Å². The fourth-order valence-electron chi connectivity index (χ4n) is 3.56. The van der Waals surface area contributed by atoms with Gasteiger partial charge in [-0.25, -0.2) is 4.79 Å². The molecule has 0 saturated carbocycles. The Labute approximate surface area is 178 Å². The number of anilines is 1. The van der Waals surface area contributed by atoms with E-state index in [4.69, 9.17) is 4.74 Å². The number of guanidine groups is 1. The number of carbonyl (C=O) groups excluding carboxylic acids is 2. The summed E-state index contributed by atoms with van der Waals surface area (Å²) in [6, 6.07) is 8.03. The minimum atomic E-state index is -0.485. The van der Waals surface area contributed by atoms with E-state index in [0.717, 1.165) is 30.2 Å². The van der Waals surface area contributed by atoms with Crippen LogP contribution in [0.25, 0.3) is 0 Å². The molecule has 1 fully saturated rings. The van der Waals surface area contributed by atoms with Crippen LogP contribution in [0.2, 0.25) is 0 Å². The number of amides is 2. The summed E-state index contributed by atoms with van der Waals surface area (Å²) in [5.41, 5.74) is 1.44. The largest absolute Gasteiger partial charge is 0.444 e. The van der Waals surface area contributed by atoms with Gasteiger partial charge in [0.2, 0.25) is 5.91 Å². The van der Waals surface area contributed by atoms with Crippen LogP contribution in [0, 0.1) is 0 Å². The molecular formula is C22H33N5O3. The van der Waals surface area contributed by atoms with E-state index in [2.05, 4.69) is 20.5 Å². The first-order valence-electron chi connectivity index (χ1n) is 10.7. The lowest BCUT2D eigenvalue weighted by molar-refractivity contribution is -0.116. The molecule has 0 radical (unpaired) electrons. The average molecular weight is 416 g/mol. The molecule has 2 aliphatic rings. The Bertz CT molecular complexity index is 785. The molecule has 1 saturated heterocycles. The number of nitrogens with zero attached hydrogens (tertiary/aromatic N) is 3. The van der Waals surface area contributed by atoms with E-state index in [1.165, 1.54) is 0 Å². The molecule has 8 heteroatoms. The monoisotopic (exact) mass is 415 g/mol. The lowest BCUT2D eigenvalue weighted by Gasteiger charge is -2.39. The van der Waals surface area contributed by atoms with Gasteiger partial charge in [-0.1, -0.05) is 19.1 Å². The summed E-state index contributed by atoms with van der Waals surface area (Å²) in [5, 5.41) is 6.31. The third kappa shape index (κ3) is 5.87. The van der Waals surface area contributed by atoms with Crippen molar-refractivity contribution in [3.8, 4) is 0 Å². The van der Waals surface area contributed by atoms with Gasteiger partial charge in [0, 0.05) is 38.3 Å². The normalized spacial score (nSPS) is 18.5. The summed E-state index contributed by atoms with van der Waals surface area (Å²) in [6.45, 7) is 10.9. The highest BCUT2D eigenvalue weighted by molar-refractivity contribution is 5.90. The highest BCUT2D eigenvalue weighted by Crippen LogP contribution is 2.19. The highest BCUT2D eigenvalue weighted by Gasteiger charge is 2.36. The van der Waals surface area contributed by atoms with Crippen LogP contribution in [0.4, 0.5) is 10.5 Å². The first-order valence-corrected chi connectivity index (χ1v) is 10.7. The van der Waals surface area contributed by atoms with E-state index in [-0.39, 0.29) is 18.0 Å². The standard InChI is InChI=1S/C22H33N5O3/c1-5-6-19(28)25-17-9-7-16(8-10-17)13-23-20-24-14-18-15-26(11-12-27(18)20)21(29)30-22(2,3)4/h7-10,18H,5-6,11-15H2,1-4H3,(H,23,24)(H,25,28). The van der Waals surface area contributed by atoms with E-state index in [1.54, 1.807) is 4.90 Å². The van der Waals surface area contributed by atoms with Crippen LogP contribution in [-0.4, -0.2) is 65.6 Å². The number of rotatable bonds is 5. The quantitative estimate of drug-likeness (QED) is 0.772. The second kappa shape index (κ2) is 9.36. The maximum atomic E-state index is 12.3. The Morgan fingerprint density at radius 3 is 2.60 bits per heavy atom.